The van der Waals surface area contributed by atoms with Crippen molar-refractivity contribution >= 4 is 23.8 Å². The van der Waals surface area contributed by atoms with Crippen molar-refractivity contribution in [1.29, 1.82) is 0 Å². The molecule has 2 aliphatic rings. The number of primary amides is 1. The minimum Gasteiger partial charge on any atom is -0.480 e. The summed E-state index contributed by atoms with van der Waals surface area (Å²) in [5.41, 5.74) is 2.84. The average molecular weight is 577 g/mol. The van der Waals surface area contributed by atoms with Crippen LogP contribution in [0, 0.1) is 11.8 Å². The van der Waals surface area contributed by atoms with Gasteiger partial charge >= 0.3 is 18.2 Å². The number of carbonyl (C=O) groups is 4. The van der Waals surface area contributed by atoms with E-state index in [0.29, 0.717) is 18.4 Å². The van der Waals surface area contributed by atoms with Gasteiger partial charge in [-0.3, -0.25) is 24.6 Å². The van der Waals surface area contributed by atoms with Crippen molar-refractivity contribution in [2.45, 2.75) is 50.4 Å². The van der Waals surface area contributed by atoms with Gasteiger partial charge in [0.15, 0.2) is 0 Å². The summed E-state index contributed by atoms with van der Waals surface area (Å²) in [6.45, 7) is 2.13. The largest absolute Gasteiger partial charge is 0.480 e. The second-order valence-electron chi connectivity index (χ2n) is 10.2. The lowest BCUT2D eigenvalue weighted by molar-refractivity contribution is -0.151. The summed E-state index contributed by atoms with van der Waals surface area (Å²) in [5, 5.41) is 15.9. The van der Waals surface area contributed by atoms with Crippen molar-refractivity contribution in [3.05, 3.63) is 59.7 Å². The average Bonchev–Trinajstić information content (AvgIpc) is 3.39. The lowest BCUT2D eigenvalue weighted by Crippen LogP contribution is -2.56. The van der Waals surface area contributed by atoms with Gasteiger partial charge in [0.25, 0.3) is 0 Å². The molecule has 0 radical (unpaired) electrons. The molecule has 2 fully saturated rings. The van der Waals surface area contributed by atoms with Crippen LogP contribution >= 0.6 is 0 Å². The quantitative estimate of drug-likeness (QED) is 0.235. The van der Waals surface area contributed by atoms with Gasteiger partial charge in [0.1, 0.15) is 17.0 Å². The summed E-state index contributed by atoms with van der Waals surface area (Å²) >= 11 is 0. The molecule has 0 bridgehead atoms. The Balaban J connectivity index is 1.69. The number of nitrogens with zero attached hydrogens (tertiary/aromatic N) is 1. The molecule has 4 amide bonds. The number of carboxylic acids is 1. The molecule has 2 aliphatic heterocycles. The number of nitrogens with two attached hydrogens (primary N) is 1. The van der Waals surface area contributed by atoms with E-state index in [0.717, 1.165) is 17.0 Å². The Morgan fingerprint density at radius 3 is 2.41 bits per heavy atom. The molecule has 13 heteroatoms. The van der Waals surface area contributed by atoms with Crippen LogP contribution in [-0.4, -0.2) is 52.4 Å². The molecule has 0 aliphatic carbocycles. The number of likely N-dealkylation sites (tertiary alicyclic amines) is 1. The molecule has 0 aromatic heterocycles. The summed E-state index contributed by atoms with van der Waals surface area (Å²) in [6.07, 6.45) is -3.21. The normalized spacial score (nSPS) is 23.9. The highest BCUT2D eigenvalue weighted by Crippen LogP contribution is 2.51. The van der Waals surface area contributed by atoms with Gasteiger partial charge in [-0.2, -0.15) is 13.2 Å². The lowest BCUT2D eigenvalue weighted by Gasteiger charge is -2.31. The van der Waals surface area contributed by atoms with Crippen molar-refractivity contribution < 1.29 is 42.2 Å². The first-order valence-corrected chi connectivity index (χ1v) is 13.2. The second kappa shape index (κ2) is 11.8. The highest BCUT2D eigenvalue weighted by Gasteiger charge is 2.68. The Labute approximate surface area is 234 Å². The molecule has 4 unspecified atom stereocenters. The number of hydrogen-bond donors (Lipinski definition) is 4. The first-order valence-electron chi connectivity index (χ1n) is 13.2. The fraction of sp³-hybridized carbons (Fsp3) is 0.429. The maximum atomic E-state index is 13.6. The molecule has 2 saturated heterocycles. The number of benzene rings is 2. The van der Waals surface area contributed by atoms with E-state index in [4.69, 9.17) is 10.5 Å². The van der Waals surface area contributed by atoms with Crippen molar-refractivity contribution in [2.75, 3.05) is 13.1 Å². The molecule has 41 heavy (non-hydrogen) atoms. The maximum absolute atomic E-state index is 13.6. The Morgan fingerprint density at radius 1 is 1.10 bits per heavy atom. The smallest absolute Gasteiger partial charge is 0.416 e. The summed E-state index contributed by atoms with van der Waals surface area (Å²) in [6, 6.07) is 8.90. The van der Waals surface area contributed by atoms with E-state index in [-0.39, 0.29) is 37.4 Å². The third kappa shape index (κ3) is 5.99. The van der Waals surface area contributed by atoms with Gasteiger partial charge in [0.05, 0.1) is 17.4 Å². The summed E-state index contributed by atoms with van der Waals surface area (Å²) < 4.78 is 45.2. The van der Waals surface area contributed by atoms with E-state index in [1.54, 1.807) is 12.1 Å². The Bertz CT molecular complexity index is 1340. The highest BCUT2D eigenvalue weighted by molar-refractivity contribution is 6.09. The molecule has 0 spiro atoms. The number of aliphatic carboxylic acids is 1. The van der Waals surface area contributed by atoms with Crippen LogP contribution in [0.2, 0.25) is 0 Å². The SMILES string of the molecule is CCCCN1C(=O)C2C(c3cccc(Oc4cccc(C(F)(F)F)c4)c3)NC(CCCNC(N)=O)(C(=O)O)C2C1=O. The number of carbonyl (C=O) groups excluding carboxylic acids is 3. The molecule has 4 rings (SSSR count). The number of rotatable bonds is 11. The standard InChI is InChI=1S/C28H31F3N4O6/c1-2-3-13-35-23(36)20-21(24(35)37)27(25(38)39,11-6-12-33-26(32)40)34-22(20)16-7-4-9-18(14-16)41-19-10-5-8-17(15-19)28(29,30)31/h4-5,7-10,14-15,20-22,34H,2-3,6,11-13H2,1H3,(H,38,39)(H3,32,33,40). The van der Waals surface area contributed by atoms with Gasteiger partial charge in [-0.25, -0.2) is 4.79 Å². The second-order valence-corrected chi connectivity index (χ2v) is 10.2. The van der Waals surface area contributed by atoms with Crippen molar-refractivity contribution in [2.24, 2.45) is 17.6 Å². The first kappa shape index (κ1) is 29.8. The predicted octanol–water partition coefficient (Wildman–Crippen LogP) is 3.82. The first-order chi connectivity index (χ1) is 19.4. The molecule has 5 N–H and O–H groups in total. The van der Waals surface area contributed by atoms with Crippen LogP contribution in [-0.2, 0) is 20.6 Å². The lowest BCUT2D eigenvalue weighted by atomic mass is 9.77. The van der Waals surface area contributed by atoms with Gasteiger partial charge < -0.3 is 20.9 Å². The Hall–Kier alpha value is -4.13. The minimum atomic E-state index is -4.56. The van der Waals surface area contributed by atoms with Crippen LogP contribution in [0.1, 0.15) is 49.8 Å². The van der Waals surface area contributed by atoms with Crippen LogP contribution in [0.4, 0.5) is 18.0 Å². The van der Waals surface area contributed by atoms with E-state index in [9.17, 15) is 37.5 Å². The number of halogens is 3. The molecule has 0 saturated carbocycles. The van der Waals surface area contributed by atoms with Gasteiger partial charge in [0, 0.05) is 19.1 Å². The molecule has 10 nitrogen and oxygen atoms in total. The van der Waals surface area contributed by atoms with E-state index < -0.39 is 59.0 Å². The predicted molar refractivity (Wildman–Crippen MR) is 140 cm³/mol. The number of ether oxygens (including phenoxy) is 1. The number of imide groups is 1. The van der Waals surface area contributed by atoms with Crippen molar-refractivity contribution in [3.8, 4) is 11.5 Å². The van der Waals surface area contributed by atoms with Crippen LogP contribution < -0.4 is 21.1 Å². The molecular weight excluding hydrogens is 545 g/mol. The van der Waals surface area contributed by atoms with Gasteiger partial charge in [0.2, 0.25) is 11.8 Å². The van der Waals surface area contributed by atoms with Crippen molar-refractivity contribution in [3.63, 3.8) is 0 Å². The maximum Gasteiger partial charge on any atom is 0.416 e. The number of amides is 4. The third-order valence-corrected chi connectivity index (χ3v) is 7.52. The third-order valence-electron chi connectivity index (χ3n) is 7.52. The fourth-order valence-electron chi connectivity index (χ4n) is 5.64. The van der Waals surface area contributed by atoms with Crippen molar-refractivity contribution in [1.82, 2.24) is 15.5 Å². The van der Waals surface area contributed by atoms with Crippen LogP contribution in [0.15, 0.2) is 48.5 Å². The summed E-state index contributed by atoms with van der Waals surface area (Å²) in [7, 11) is 0. The number of alkyl halides is 3. The Kier molecular flexibility index (Phi) is 8.57. The monoisotopic (exact) mass is 576 g/mol. The molecule has 2 aromatic carbocycles. The van der Waals surface area contributed by atoms with Crippen LogP contribution in [0.3, 0.4) is 0 Å². The molecule has 4 atom stereocenters. The summed E-state index contributed by atoms with van der Waals surface area (Å²) in [5.74, 6) is -4.53. The highest BCUT2D eigenvalue weighted by atomic mass is 19.4. The zero-order valence-electron chi connectivity index (χ0n) is 22.2. The number of nitrogens with one attached hydrogen (secondary N) is 2. The van der Waals surface area contributed by atoms with Gasteiger partial charge in [-0.1, -0.05) is 31.5 Å². The zero-order chi connectivity index (χ0) is 29.9. The minimum absolute atomic E-state index is 0.0612. The topological polar surface area (TPSA) is 151 Å². The van der Waals surface area contributed by atoms with Crippen LogP contribution in [0.25, 0.3) is 0 Å². The fourth-order valence-corrected chi connectivity index (χ4v) is 5.64. The number of carboxylic acid groups (broad SMARTS) is 1. The zero-order valence-corrected chi connectivity index (χ0v) is 22.2. The molecular formula is C28H31F3N4O6. The number of urea groups is 1. The summed E-state index contributed by atoms with van der Waals surface area (Å²) in [4.78, 5) is 52.2. The number of fused-ring (bicyclic) bond motifs is 1. The van der Waals surface area contributed by atoms with Crippen LogP contribution in [0.5, 0.6) is 11.5 Å². The van der Waals surface area contributed by atoms with E-state index >= 15 is 0 Å². The van der Waals surface area contributed by atoms with Gasteiger partial charge in [-0.05, 0) is 55.2 Å². The number of hydrogen-bond acceptors (Lipinski definition) is 6. The number of unbranched alkanes of at least 4 members (excludes halogenated alkanes) is 1. The van der Waals surface area contributed by atoms with E-state index in [1.807, 2.05) is 6.92 Å². The van der Waals surface area contributed by atoms with E-state index in [1.165, 1.54) is 24.3 Å². The van der Waals surface area contributed by atoms with E-state index in [2.05, 4.69) is 10.6 Å². The van der Waals surface area contributed by atoms with Gasteiger partial charge in [-0.15, -0.1) is 0 Å². The molecule has 2 heterocycles. The molecule has 2 aromatic rings. The molecule has 220 valence electrons. The Morgan fingerprint density at radius 2 is 1.78 bits per heavy atom.